The third-order valence-corrected chi connectivity index (χ3v) is 5.59. The first-order valence-electron chi connectivity index (χ1n) is 10.3. The van der Waals surface area contributed by atoms with Crippen molar-refractivity contribution in [1.29, 1.82) is 0 Å². The predicted molar refractivity (Wildman–Crippen MR) is 114 cm³/mol. The molecular weight excluding hydrogens is 364 g/mol. The number of amides is 1. The molecule has 0 atom stereocenters. The van der Waals surface area contributed by atoms with Gasteiger partial charge >= 0.3 is 0 Å². The number of nitrogens with zero attached hydrogens (tertiary/aromatic N) is 3. The maximum absolute atomic E-state index is 13.0. The molecule has 1 amide bonds. The monoisotopic (exact) mass is 392 g/mol. The summed E-state index contributed by atoms with van der Waals surface area (Å²) in [6.45, 7) is 8.00. The number of hydrogen-bond acceptors (Lipinski definition) is 4. The molecule has 1 aromatic carbocycles. The summed E-state index contributed by atoms with van der Waals surface area (Å²) in [5.41, 5.74) is 3.91. The molecule has 0 unspecified atom stereocenters. The van der Waals surface area contributed by atoms with Crippen molar-refractivity contribution in [3.63, 3.8) is 0 Å². The lowest BCUT2D eigenvalue weighted by molar-refractivity contribution is 0.0365. The Balaban J connectivity index is 1.49. The normalized spacial score (nSPS) is 14.9. The van der Waals surface area contributed by atoms with Crippen molar-refractivity contribution in [1.82, 2.24) is 19.8 Å². The molecule has 4 rings (SSSR count). The van der Waals surface area contributed by atoms with Crippen LogP contribution in [-0.4, -0.2) is 59.8 Å². The lowest BCUT2D eigenvalue weighted by Gasteiger charge is -2.27. The zero-order valence-corrected chi connectivity index (χ0v) is 16.9. The Morgan fingerprint density at radius 2 is 1.90 bits per heavy atom. The van der Waals surface area contributed by atoms with Crippen molar-refractivity contribution in [2.24, 2.45) is 0 Å². The molecule has 2 aromatic heterocycles. The first-order chi connectivity index (χ1) is 14.2. The molecule has 1 aliphatic heterocycles. The number of aromatic nitrogens is 2. The fourth-order valence-corrected chi connectivity index (χ4v) is 4.01. The fourth-order valence-electron chi connectivity index (χ4n) is 4.01. The molecule has 6 heteroatoms. The van der Waals surface area contributed by atoms with Gasteiger partial charge in [0.2, 0.25) is 0 Å². The van der Waals surface area contributed by atoms with E-state index in [-0.39, 0.29) is 5.91 Å². The molecule has 0 aliphatic carbocycles. The van der Waals surface area contributed by atoms with Crippen molar-refractivity contribution in [3.05, 3.63) is 65.6 Å². The van der Waals surface area contributed by atoms with E-state index in [0.717, 1.165) is 73.7 Å². The third-order valence-electron chi connectivity index (χ3n) is 5.59. The fraction of sp³-hybridized carbons (Fsp3) is 0.391. The van der Waals surface area contributed by atoms with Crippen LogP contribution in [-0.2, 0) is 17.7 Å². The molecule has 3 aromatic rings. The number of hydrogen-bond donors (Lipinski definition) is 1. The molecule has 1 saturated heterocycles. The molecule has 0 radical (unpaired) electrons. The van der Waals surface area contributed by atoms with Crippen LogP contribution in [0.2, 0.25) is 0 Å². The molecule has 1 aliphatic rings. The lowest BCUT2D eigenvalue weighted by Crippen LogP contribution is -2.38. The van der Waals surface area contributed by atoms with E-state index in [1.807, 2.05) is 43.3 Å². The van der Waals surface area contributed by atoms with Crippen LogP contribution >= 0.6 is 0 Å². The molecule has 3 heterocycles. The Morgan fingerprint density at radius 3 is 2.69 bits per heavy atom. The second-order valence-electron chi connectivity index (χ2n) is 7.41. The quantitative estimate of drug-likeness (QED) is 0.672. The van der Waals surface area contributed by atoms with E-state index in [9.17, 15) is 4.79 Å². The maximum Gasteiger partial charge on any atom is 0.253 e. The van der Waals surface area contributed by atoms with Gasteiger partial charge in [0, 0.05) is 67.6 Å². The number of morpholine rings is 1. The highest BCUT2D eigenvalue weighted by atomic mass is 16.5. The number of carbonyl (C=O) groups excluding carboxylic acids is 1. The number of benzene rings is 1. The van der Waals surface area contributed by atoms with Gasteiger partial charge in [-0.05, 0) is 25.1 Å². The van der Waals surface area contributed by atoms with E-state index >= 15 is 0 Å². The van der Waals surface area contributed by atoms with Gasteiger partial charge in [-0.25, -0.2) is 0 Å². The Morgan fingerprint density at radius 1 is 1.10 bits per heavy atom. The van der Waals surface area contributed by atoms with Gasteiger partial charge in [0.05, 0.1) is 18.8 Å². The summed E-state index contributed by atoms with van der Waals surface area (Å²) >= 11 is 0. The lowest BCUT2D eigenvalue weighted by atomic mass is 10.1. The molecule has 29 heavy (non-hydrogen) atoms. The molecule has 0 bridgehead atoms. The van der Waals surface area contributed by atoms with Gasteiger partial charge in [-0.3, -0.25) is 14.7 Å². The van der Waals surface area contributed by atoms with E-state index < -0.39 is 0 Å². The van der Waals surface area contributed by atoms with Crippen LogP contribution in [0.4, 0.5) is 0 Å². The van der Waals surface area contributed by atoms with Crippen molar-refractivity contribution >= 4 is 16.8 Å². The number of para-hydroxylation sites is 1. The molecule has 1 N–H and O–H groups in total. The standard InChI is InChI=1S/C23H28N4O2/c1-18-22(23(28)25-11-9-19-6-4-5-10-24-19)20-7-2-3-8-21(20)27(18)13-12-26-14-16-29-17-15-26/h2-8,10H,9,11-17H2,1H3,(H,25,28). The van der Waals surface area contributed by atoms with Crippen LogP contribution in [0.5, 0.6) is 0 Å². The Kier molecular flexibility index (Phi) is 6.22. The second kappa shape index (κ2) is 9.20. The molecule has 1 fully saturated rings. The van der Waals surface area contributed by atoms with Gasteiger partial charge < -0.3 is 14.6 Å². The summed E-state index contributed by atoms with van der Waals surface area (Å²) < 4.78 is 7.72. The number of rotatable bonds is 7. The van der Waals surface area contributed by atoms with Crippen molar-refractivity contribution < 1.29 is 9.53 Å². The van der Waals surface area contributed by atoms with Crippen molar-refractivity contribution in [2.75, 3.05) is 39.4 Å². The van der Waals surface area contributed by atoms with Gasteiger partial charge in [-0.15, -0.1) is 0 Å². The predicted octanol–water partition coefficient (Wildman–Crippen LogP) is 2.65. The second-order valence-corrected chi connectivity index (χ2v) is 7.41. The minimum atomic E-state index is -0.0141. The molecule has 0 saturated carbocycles. The number of fused-ring (bicyclic) bond motifs is 1. The van der Waals surface area contributed by atoms with Crippen LogP contribution in [0.1, 0.15) is 21.7 Å². The third kappa shape index (κ3) is 4.49. The van der Waals surface area contributed by atoms with E-state index in [0.29, 0.717) is 6.54 Å². The molecule has 6 nitrogen and oxygen atoms in total. The number of carbonyl (C=O) groups is 1. The summed E-state index contributed by atoms with van der Waals surface area (Å²) in [5.74, 6) is -0.0141. The summed E-state index contributed by atoms with van der Waals surface area (Å²) in [6, 6.07) is 14.0. The highest BCUT2D eigenvalue weighted by Gasteiger charge is 2.20. The van der Waals surface area contributed by atoms with Gasteiger partial charge in [-0.1, -0.05) is 24.3 Å². The first-order valence-corrected chi connectivity index (χ1v) is 10.3. The summed E-state index contributed by atoms with van der Waals surface area (Å²) in [5, 5.41) is 4.10. The summed E-state index contributed by atoms with van der Waals surface area (Å²) in [7, 11) is 0. The van der Waals surface area contributed by atoms with Crippen LogP contribution in [0.3, 0.4) is 0 Å². The van der Waals surface area contributed by atoms with E-state index in [1.165, 1.54) is 0 Å². The van der Waals surface area contributed by atoms with Gasteiger partial charge in [0.25, 0.3) is 5.91 Å². The molecule has 152 valence electrons. The van der Waals surface area contributed by atoms with Crippen LogP contribution in [0.25, 0.3) is 10.9 Å². The molecular formula is C23H28N4O2. The van der Waals surface area contributed by atoms with Crippen molar-refractivity contribution in [2.45, 2.75) is 19.9 Å². The van der Waals surface area contributed by atoms with Gasteiger partial charge in [-0.2, -0.15) is 0 Å². The first kappa shape index (κ1) is 19.6. The minimum absolute atomic E-state index is 0.0141. The average molecular weight is 393 g/mol. The average Bonchev–Trinajstić information content (AvgIpc) is 3.05. The highest BCUT2D eigenvalue weighted by molar-refractivity contribution is 6.08. The number of ether oxygens (including phenoxy) is 1. The number of pyridine rings is 1. The Hall–Kier alpha value is -2.70. The smallest absolute Gasteiger partial charge is 0.253 e. The Bertz CT molecular complexity index is 962. The summed E-state index contributed by atoms with van der Waals surface area (Å²) in [4.78, 5) is 19.8. The van der Waals surface area contributed by atoms with E-state index in [2.05, 4.69) is 25.8 Å². The van der Waals surface area contributed by atoms with E-state index in [1.54, 1.807) is 6.20 Å². The van der Waals surface area contributed by atoms with Crippen LogP contribution in [0, 0.1) is 6.92 Å². The van der Waals surface area contributed by atoms with Crippen LogP contribution in [0.15, 0.2) is 48.7 Å². The largest absolute Gasteiger partial charge is 0.379 e. The Labute approximate surface area is 171 Å². The maximum atomic E-state index is 13.0. The SMILES string of the molecule is Cc1c(C(=O)NCCc2ccccn2)c2ccccc2n1CCN1CCOCC1. The topological polar surface area (TPSA) is 59.4 Å². The zero-order valence-electron chi connectivity index (χ0n) is 16.9. The zero-order chi connectivity index (χ0) is 20.1. The highest BCUT2D eigenvalue weighted by Crippen LogP contribution is 2.26. The number of nitrogens with one attached hydrogen (secondary N) is 1. The molecule has 0 spiro atoms. The van der Waals surface area contributed by atoms with Crippen molar-refractivity contribution in [3.8, 4) is 0 Å². The van der Waals surface area contributed by atoms with Crippen LogP contribution < -0.4 is 5.32 Å². The summed E-state index contributed by atoms with van der Waals surface area (Å²) in [6.07, 6.45) is 2.50. The van der Waals surface area contributed by atoms with Gasteiger partial charge in [0.1, 0.15) is 0 Å². The van der Waals surface area contributed by atoms with Gasteiger partial charge in [0.15, 0.2) is 0 Å². The van der Waals surface area contributed by atoms with E-state index in [4.69, 9.17) is 4.74 Å². The minimum Gasteiger partial charge on any atom is -0.379 e.